The maximum Gasteiger partial charge on any atom is 0.330 e. The van der Waals surface area contributed by atoms with E-state index in [1.165, 1.54) is 62.6 Å². The number of likely N-dealkylation sites (N-methyl/N-ethyl adjacent to an activating group) is 1. The number of fused-ring (bicyclic) bond motifs is 15. The lowest BCUT2D eigenvalue weighted by molar-refractivity contribution is -0.334. The minimum atomic E-state index is -2.38. The third-order valence-electron chi connectivity index (χ3n) is 21.3. The Morgan fingerprint density at radius 1 is 0.692 bits per heavy atom. The molecule has 6 aromatic rings. The van der Waals surface area contributed by atoms with Gasteiger partial charge in [0.05, 0.1) is 53.5 Å². The van der Waals surface area contributed by atoms with Crippen molar-refractivity contribution in [3.05, 3.63) is 139 Å². The zero-order valence-electron chi connectivity index (χ0n) is 63.9. The van der Waals surface area contributed by atoms with E-state index in [0.29, 0.717) is 0 Å². The lowest BCUT2D eigenvalue weighted by Gasteiger charge is -2.48. The molecule has 0 spiro atoms. The van der Waals surface area contributed by atoms with Crippen LogP contribution in [0.15, 0.2) is 96.4 Å². The highest BCUT2D eigenvalue weighted by Gasteiger charge is 2.53. The maximum atomic E-state index is 16.5. The number of primary amides is 1. The van der Waals surface area contributed by atoms with E-state index in [0.717, 1.165) is 53.4 Å². The number of carboxylic acid groups (broad SMARTS) is 1. The first-order valence-electron chi connectivity index (χ1n) is 37.4. The number of halogens is 2. The Morgan fingerprint density at radius 3 is 1.93 bits per heavy atom. The number of aliphatic hydroxyl groups is 6. The molecule has 14 rings (SSSR count). The predicted octanol–water partition coefficient (Wildman–Crippen LogP) is 2.24. The van der Waals surface area contributed by atoms with Crippen LogP contribution < -0.4 is 68.2 Å². The van der Waals surface area contributed by atoms with Gasteiger partial charge in [-0.15, -0.1) is 11.3 Å². The van der Waals surface area contributed by atoms with Crippen molar-refractivity contribution in [3.8, 4) is 57.1 Å². The number of hydrogen-bond donors (Lipinski definition) is 20. The number of ether oxygens (including phenoxy) is 8. The van der Waals surface area contributed by atoms with Crippen LogP contribution in [0.2, 0.25) is 10.0 Å². The number of nitrogens with two attached hydrogens (primary N) is 2. The molecule has 9 heterocycles. The van der Waals surface area contributed by atoms with Gasteiger partial charge in [-0.1, -0.05) is 61.3 Å². The van der Waals surface area contributed by atoms with Crippen molar-refractivity contribution in [1.82, 2.24) is 42.5 Å². The molecule has 7 amide bonds. The SMILES string of the molecule is CN[C@H](CC(C)C)C(=O)N[C@H]1C(=O)N[C@@H](CC(N)=O)C(=O)N[C@H]2C(=O)N[C@H]3C(=O)N[C@H](C(=O)N[C@@H](C(=O)O)c4cc(O)cc(O)c4-c4cc3ccc4O)[C@H](O[C@H]3C[C@](C)(N)[C@H](O)[C@H](C)O3)c3ccc(c(Cl)c3)Oc3cc2cc(c3O[C@@H]2O[C@H](CO)[C@@H](O)[C@H](O)[C@H]2O[C@H]2C[C@](C)(NCc3cccs3)[C@H](O)[C@H](C)O2)Oc2ccc(cc2Cl)[C@H]1O. The van der Waals surface area contributed by atoms with E-state index in [2.05, 4.69) is 42.5 Å². The van der Waals surface area contributed by atoms with E-state index < -0.39 is 261 Å². The summed E-state index contributed by atoms with van der Waals surface area (Å²) in [4.78, 5) is 121. The number of nitrogens with one attached hydrogen (secondary N) is 8. The maximum absolute atomic E-state index is 16.5. The van der Waals surface area contributed by atoms with Crippen molar-refractivity contribution in [2.45, 2.75) is 207 Å². The van der Waals surface area contributed by atoms with Crippen LogP contribution in [-0.2, 0) is 68.6 Å². The summed E-state index contributed by atoms with van der Waals surface area (Å²) in [5, 5.41) is 138. The average Bonchev–Trinajstić information content (AvgIpc) is 1.04. The highest BCUT2D eigenvalue weighted by Crippen LogP contribution is 2.51. The molecule has 3 saturated heterocycles. The number of hydrogen-bond acceptors (Lipinski definition) is 29. The molecule has 8 aliphatic heterocycles. The Hall–Kier alpha value is -9.62. The van der Waals surface area contributed by atoms with Crippen molar-refractivity contribution in [2.75, 3.05) is 13.7 Å². The number of phenols is 3. The van der Waals surface area contributed by atoms with E-state index in [9.17, 15) is 65.4 Å². The number of carbonyl (C=O) groups is 8. The molecular formula is C78H92Cl2N10O26S. The summed E-state index contributed by atoms with van der Waals surface area (Å²) in [5.74, 6) is -16.0. The normalized spacial score (nSPS) is 31.0. The zero-order valence-corrected chi connectivity index (χ0v) is 66.3. The van der Waals surface area contributed by atoms with Gasteiger partial charge in [0, 0.05) is 58.1 Å². The molecule has 0 aliphatic carbocycles. The number of thiophene rings is 1. The summed E-state index contributed by atoms with van der Waals surface area (Å²) in [7, 11) is 1.48. The van der Waals surface area contributed by atoms with Crippen LogP contribution >= 0.6 is 34.5 Å². The lowest BCUT2D eigenvalue weighted by Crippen LogP contribution is -2.65. The molecule has 1 aromatic heterocycles. The number of aliphatic hydroxyl groups excluding tert-OH is 6. The summed E-state index contributed by atoms with van der Waals surface area (Å²) in [6, 6.07) is 3.41. The van der Waals surface area contributed by atoms with Crippen molar-refractivity contribution in [1.29, 1.82) is 0 Å². The van der Waals surface area contributed by atoms with Crippen molar-refractivity contribution < 1.29 is 127 Å². The summed E-state index contributed by atoms with van der Waals surface area (Å²) < 4.78 is 52.6. The highest BCUT2D eigenvalue weighted by molar-refractivity contribution is 7.09. The molecule has 39 heteroatoms. The van der Waals surface area contributed by atoms with Crippen LogP contribution in [0.4, 0.5) is 0 Å². The number of carbonyl (C=O) groups excluding carboxylic acids is 7. The first-order valence-corrected chi connectivity index (χ1v) is 39.0. The van der Waals surface area contributed by atoms with Gasteiger partial charge in [0.15, 0.2) is 36.2 Å². The van der Waals surface area contributed by atoms with Gasteiger partial charge in [0.1, 0.15) is 89.5 Å². The van der Waals surface area contributed by atoms with Gasteiger partial charge in [-0.05, 0) is 135 Å². The van der Waals surface area contributed by atoms with Crippen molar-refractivity contribution in [2.24, 2.45) is 17.4 Å². The lowest BCUT2D eigenvalue weighted by atomic mass is 9.85. The van der Waals surface area contributed by atoms with Gasteiger partial charge in [-0.2, -0.15) is 0 Å². The van der Waals surface area contributed by atoms with Crippen molar-refractivity contribution in [3.63, 3.8) is 0 Å². The Morgan fingerprint density at radius 2 is 1.32 bits per heavy atom. The zero-order chi connectivity index (χ0) is 84.7. The van der Waals surface area contributed by atoms with Gasteiger partial charge in [-0.25, -0.2) is 4.79 Å². The fourth-order valence-electron chi connectivity index (χ4n) is 15.1. The molecule has 8 aliphatic rings. The van der Waals surface area contributed by atoms with Gasteiger partial charge < -0.3 is 143 Å². The number of rotatable bonds is 18. The second-order valence-corrected chi connectivity index (χ2v) is 32.4. The topological polar surface area (TPSA) is 561 Å². The number of phenolic OH excluding ortho intramolecular Hbond substituents is 3. The van der Waals surface area contributed by atoms with Crippen LogP contribution in [0.25, 0.3) is 11.1 Å². The molecule has 22 atom stereocenters. The fourth-order valence-corrected chi connectivity index (χ4v) is 16.2. The molecule has 3 fully saturated rings. The molecular weight excluding hydrogens is 1600 g/mol. The second kappa shape index (κ2) is 35.5. The Balaban J connectivity index is 1.11. The minimum absolute atomic E-state index is 0.112. The van der Waals surface area contributed by atoms with E-state index in [-0.39, 0.29) is 59.2 Å². The number of aliphatic carboxylic acids is 1. The average molecular weight is 1690 g/mol. The summed E-state index contributed by atoms with van der Waals surface area (Å²) >= 11 is 16.0. The predicted molar refractivity (Wildman–Crippen MR) is 413 cm³/mol. The quantitative estimate of drug-likeness (QED) is 0.0586. The van der Waals surface area contributed by atoms with Gasteiger partial charge in [0.2, 0.25) is 53.4 Å². The van der Waals surface area contributed by atoms with Gasteiger partial charge in [0.25, 0.3) is 0 Å². The third-order valence-corrected chi connectivity index (χ3v) is 22.8. The number of carboxylic acids is 1. The highest BCUT2D eigenvalue weighted by atomic mass is 35.5. The van der Waals surface area contributed by atoms with E-state index in [1.54, 1.807) is 13.8 Å². The van der Waals surface area contributed by atoms with Crippen LogP contribution in [0.5, 0.6) is 46.0 Å². The number of amides is 7. The van der Waals surface area contributed by atoms with Crippen LogP contribution in [0.3, 0.4) is 0 Å². The van der Waals surface area contributed by atoms with Crippen LogP contribution in [-0.4, -0.2) is 215 Å². The van der Waals surface area contributed by atoms with E-state index in [4.69, 9.17) is 72.6 Å². The molecule has 11 bridgehead atoms. The fraction of sp³-hybridized carbons (Fsp3) is 0.462. The summed E-state index contributed by atoms with van der Waals surface area (Å²) in [5.41, 5.74) is 7.07. The van der Waals surface area contributed by atoms with E-state index >= 15 is 24.0 Å². The first kappa shape index (κ1) is 86.7. The summed E-state index contributed by atoms with van der Waals surface area (Å²) in [6.45, 7) is 9.19. The summed E-state index contributed by atoms with van der Waals surface area (Å²) in [6.07, 6.45) is -22.6. The standard InChI is InChI=1S/C78H92Cl2N10O26S/c1-30(2)17-43(83-7)69(101)89-59-61(96)34-11-14-47(41(79)19-34)111-49-21-36-22-50(65(49)116-76-66(63(98)62(97)51(29-91)113-76)115-54-27-78(6,68(100)32(4)110-54)84-28-38-9-8-16-117-38)112-48-15-12-35(20-42(48)80)64(114-53-26-77(5,82)67(99)31(3)109-53)60-74(106)88-58(75(107)108)40-23-37(92)24-46(94)55(40)39-18-33(10-13-45(39)93)56(71(103)90-60)87-72(104)57(36)86-70(102)44(25-52(81)95)85-73(59)105/h8-16,18-24,30-32,43-44,51,53-54,56-64,66-68,76,83-84,91-94,96-100H,17,25-29,82H2,1-7H3,(H2,81,95)(H,85,105)(H,86,102)(H,87,104)(H,88,106)(H,89,101)(H,90,103)(H,107,108)/t31-,32-,43+,44-,51+,53-,54-,56+,57+,58+,59+,60-,61+,62+,63-,64+,66+,67+,68+,76-,77-,78-/m0/s1. The smallest absolute Gasteiger partial charge is 0.330 e. The van der Waals surface area contributed by atoms with Crippen LogP contribution in [0, 0.1) is 5.92 Å². The Labute approximate surface area is 682 Å². The monoisotopic (exact) mass is 1690 g/mol. The molecule has 36 nitrogen and oxygen atoms in total. The van der Waals surface area contributed by atoms with Gasteiger partial charge in [-0.3, -0.25) is 33.6 Å². The number of benzene rings is 5. The molecule has 0 saturated carbocycles. The molecule has 22 N–H and O–H groups in total. The number of aromatic hydroxyl groups is 3. The molecule has 5 aromatic carbocycles. The largest absolute Gasteiger partial charge is 0.508 e. The third kappa shape index (κ3) is 18.8. The Kier molecular flexibility index (Phi) is 26.3. The van der Waals surface area contributed by atoms with E-state index in [1.807, 2.05) is 31.4 Å². The molecule has 117 heavy (non-hydrogen) atoms. The first-order chi connectivity index (χ1) is 55.3. The molecule has 0 radical (unpaired) electrons. The van der Waals surface area contributed by atoms with Crippen LogP contribution in [0.1, 0.15) is 130 Å². The van der Waals surface area contributed by atoms with Gasteiger partial charge >= 0.3 is 5.97 Å². The molecule has 630 valence electrons. The second-order valence-electron chi connectivity index (χ2n) is 30.6. The molecule has 0 unspecified atom stereocenters. The minimum Gasteiger partial charge on any atom is -0.508 e. The van der Waals surface area contributed by atoms with Crippen molar-refractivity contribution >= 4 is 81.9 Å². The Bertz CT molecular complexity index is 4760.